The summed E-state index contributed by atoms with van der Waals surface area (Å²) in [5.74, 6) is 1.38. The first-order valence-electron chi connectivity index (χ1n) is 10.3. The highest BCUT2D eigenvalue weighted by atomic mass is 16.5. The van der Waals surface area contributed by atoms with Gasteiger partial charge in [0.1, 0.15) is 5.75 Å². The number of carbonyl (C=O) groups is 2. The summed E-state index contributed by atoms with van der Waals surface area (Å²) in [5, 5.41) is 0. The van der Waals surface area contributed by atoms with E-state index in [4.69, 9.17) is 4.74 Å². The zero-order chi connectivity index (χ0) is 19.4. The van der Waals surface area contributed by atoms with Gasteiger partial charge in [-0.25, -0.2) is 0 Å². The van der Waals surface area contributed by atoms with E-state index in [1.54, 1.807) is 0 Å². The van der Waals surface area contributed by atoms with Crippen LogP contribution in [-0.4, -0.2) is 53.9 Å². The Morgan fingerprint density at radius 2 is 1.67 bits per heavy atom. The number of aryl methyl sites for hydroxylation is 1. The molecule has 0 atom stereocenters. The molecule has 1 aromatic carbocycles. The van der Waals surface area contributed by atoms with Crippen LogP contribution in [0.3, 0.4) is 0 Å². The van der Waals surface area contributed by atoms with Crippen molar-refractivity contribution in [1.82, 2.24) is 9.80 Å². The van der Waals surface area contributed by atoms with Gasteiger partial charge in [0, 0.05) is 37.7 Å². The van der Waals surface area contributed by atoms with Crippen LogP contribution in [0.15, 0.2) is 18.2 Å². The fourth-order valence-corrected chi connectivity index (χ4v) is 4.12. The largest absolute Gasteiger partial charge is 0.491 e. The molecule has 0 bridgehead atoms. The molecule has 0 radical (unpaired) electrons. The number of hydrogen-bond donors (Lipinski definition) is 0. The normalized spacial score (nSPS) is 18.7. The summed E-state index contributed by atoms with van der Waals surface area (Å²) >= 11 is 0. The third kappa shape index (κ3) is 4.82. The van der Waals surface area contributed by atoms with Crippen molar-refractivity contribution in [2.75, 3.05) is 26.2 Å². The zero-order valence-corrected chi connectivity index (χ0v) is 16.9. The summed E-state index contributed by atoms with van der Waals surface area (Å²) in [5.41, 5.74) is 1.67. The lowest BCUT2D eigenvalue weighted by atomic mass is 10.1. The number of amides is 2. The Labute approximate surface area is 162 Å². The van der Waals surface area contributed by atoms with Crippen molar-refractivity contribution in [1.29, 1.82) is 0 Å². The summed E-state index contributed by atoms with van der Waals surface area (Å²) in [6.45, 7) is 8.69. The fourth-order valence-electron chi connectivity index (χ4n) is 4.12. The first-order valence-corrected chi connectivity index (χ1v) is 10.3. The second-order valence-electron chi connectivity index (χ2n) is 8.10. The maximum Gasteiger partial charge on any atom is 0.253 e. The molecule has 1 saturated carbocycles. The smallest absolute Gasteiger partial charge is 0.253 e. The molecule has 0 N–H and O–H groups in total. The van der Waals surface area contributed by atoms with Crippen molar-refractivity contribution >= 4 is 11.8 Å². The topological polar surface area (TPSA) is 49.9 Å². The monoisotopic (exact) mass is 372 g/mol. The van der Waals surface area contributed by atoms with E-state index in [1.165, 1.54) is 12.8 Å². The summed E-state index contributed by atoms with van der Waals surface area (Å²) in [6, 6.07) is 5.64. The fraction of sp³-hybridized carbons (Fsp3) is 0.636. The number of benzene rings is 1. The van der Waals surface area contributed by atoms with Crippen molar-refractivity contribution in [2.45, 2.75) is 59.0 Å². The van der Waals surface area contributed by atoms with E-state index < -0.39 is 0 Å². The lowest BCUT2D eigenvalue weighted by Crippen LogP contribution is -2.39. The van der Waals surface area contributed by atoms with E-state index in [0.717, 1.165) is 37.1 Å². The van der Waals surface area contributed by atoms with Gasteiger partial charge in [-0.15, -0.1) is 0 Å². The lowest BCUT2D eigenvalue weighted by Gasteiger charge is -2.24. The highest BCUT2D eigenvalue weighted by Crippen LogP contribution is 2.27. The molecule has 148 valence electrons. The quantitative estimate of drug-likeness (QED) is 0.811. The van der Waals surface area contributed by atoms with Crippen molar-refractivity contribution < 1.29 is 14.3 Å². The first-order chi connectivity index (χ1) is 13.0. The number of rotatable bonds is 4. The third-order valence-electron chi connectivity index (χ3n) is 5.58. The standard InChI is InChI=1S/C22H32N2O3/c1-16(2)27-20-10-9-19(15-17(20)3)22(26)24-12-6-11-23(13-14-24)21(25)18-7-4-5-8-18/h9-10,15-16,18H,4-8,11-14H2,1-3H3. The molecular formula is C22H32N2O3. The molecule has 0 spiro atoms. The van der Waals surface area contributed by atoms with Crippen LogP contribution in [0.5, 0.6) is 5.75 Å². The van der Waals surface area contributed by atoms with Crippen LogP contribution in [0.25, 0.3) is 0 Å². The van der Waals surface area contributed by atoms with Gasteiger partial charge in [-0.2, -0.15) is 0 Å². The van der Waals surface area contributed by atoms with Gasteiger partial charge in [0.15, 0.2) is 0 Å². The second-order valence-corrected chi connectivity index (χ2v) is 8.10. The predicted octanol–water partition coefficient (Wildman–Crippen LogP) is 3.65. The second kappa shape index (κ2) is 8.77. The Bertz CT molecular complexity index is 680. The molecule has 1 aliphatic carbocycles. The van der Waals surface area contributed by atoms with Crippen LogP contribution in [0.1, 0.15) is 61.9 Å². The van der Waals surface area contributed by atoms with E-state index in [2.05, 4.69) is 0 Å². The SMILES string of the molecule is Cc1cc(C(=O)N2CCCN(C(=O)C3CCCC3)CC2)ccc1OC(C)C. The van der Waals surface area contributed by atoms with Crippen molar-refractivity contribution in [3.63, 3.8) is 0 Å². The van der Waals surface area contributed by atoms with E-state index in [1.807, 2.05) is 48.8 Å². The van der Waals surface area contributed by atoms with Gasteiger partial charge >= 0.3 is 0 Å². The molecule has 0 unspecified atom stereocenters. The molecule has 5 heteroatoms. The van der Waals surface area contributed by atoms with Gasteiger partial charge < -0.3 is 14.5 Å². The van der Waals surface area contributed by atoms with E-state index in [0.29, 0.717) is 31.1 Å². The molecule has 2 fully saturated rings. The molecule has 2 amide bonds. The van der Waals surface area contributed by atoms with Crippen molar-refractivity contribution in [3.8, 4) is 5.75 Å². The van der Waals surface area contributed by atoms with E-state index >= 15 is 0 Å². The Hall–Kier alpha value is -2.04. The lowest BCUT2D eigenvalue weighted by molar-refractivity contribution is -0.135. The Balaban J connectivity index is 1.62. The number of hydrogen-bond acceptors (Lipinski definition) is 3. The summed E-state index contributed by atoms with van der Waals surface area (Å²) in [6.07, 6.45) is 5.36. The van der Waals surface area contributed by atoms with Gasteiger partial charge in [0.2, 0.25) is 5.91 Å². The maximum atomic E-state index is 13.0. The summed E-state index contributed by atoms with van der Waals surface area (Å²) < 4.78 is 5.77. The van der Waals surface area contributed by atoms with Gasteiger partial charge in [-0.1, -0.05) is 12.8 Å². The van der Waals surface area contributed by atoms with Gasteiger partial charge in [0.25, 0.3) is 5.91 Å². The van der Waals surface area contributed by atoms with Gasteiger partial charge in [-0.3, -0.25) is 9.59 Å². The average Bonchev–Trinajstić information content (AvgIpc) is 3.06. The Kier molecular flexibility index (Phi) is 6.40. The van der Waals surface area contributed by atoms with Crippen LogP contribution in [0.2, 0.25) is 0 Å². The minimum atomic E-state index is 0.0457. The molecule has 1 aliphatic heterocycles. The minimum Gasteiger partial charge on any atom is -0.491 e. The number of ether oxygens (including phenoxy) is 1. The third-order valence-corrected chi connectivity index (χ3v) is 5.58. The molecule has 1 heterocycles. The van der Waals surface area contributed by atoms with Crippen LogP contribution >= 0.6 is 0 Å². The molecular weight excluding hydrogens is 340 g/mol. The number of nitrogens with zero attached hydrogens (tertiary/aromatic N) is 2. The van der Waals surface area contributed by atoms with Gasteiger partial charge in [-0.05, 0) is 63.8 Å². The van der Waals surface area contributed by atoms with E-state index in [9.17, 15) is 9.59 Å². The van der Waals surface area contributed by atoms with E-state index in [-0.39, 0.29) is 17.9 Å². The molecule has 1 saturated heterocycles. The Morgan fingerprint density at radius 3 is 2.33 bits per heavy atom. The molecule has 0 aromatic heterocycles. The van der Waals surface area contributed by atoms with Gasteiger partial charge in [0.05, 0.1) is 6.10 Å². The minimum absolute atomic E-state index is 0.0457. The van der Waals surface area contributed by atoms with Crippen LogP contribution in [-0.2, 0) is 4.79 Å². The van der Waals surface area contributed by atoms with Crippen LogP contribution < -0.4 is 4.74 Å². The zero-order valence-electron chi connectivity index (χ0n) is 16.9. The molecule has 27 heavy (non-hydrogen) atoms. The summed E-state index contributed by atoms with van der Waals surface area (Å²) in [7, 11) is 0. The molecule has 1 aromatic rings. The summed E-state index contributed by atoms with van der Waals surface area (Å²) in [4.78, 5) is 29.5. The molecule has 3 rings (SSSR count). The highest BCUT2D eigenvalue weighted by molar-refractivity contribution is 5.94. The first kappa shape index (κ1) is 19.7. The highest BCUT2D eigenvalue weighted by Gasteiger charge is 2.29. The van der Waals surface area contributed by atoms with Crippen LogP contribution in [0, 0.1) is 12.8 Å². The van der Waals surface area contributed by atoms with Crippen LogP contribution in [0.4, 0.5) is 0 Å². The Morgan fingerprint density at radius 1 is 1.00 bits per heavy atom. The average molecular weight is 373 g/mol. The number of carbonyl (C=O) groups excluding carboxylic acids is 2. The predicted molar refractivity (Wildman–Crippen MR) is 106 cm³/mol. The van der Waals surface area contributed by atoms with Crippen molar-refractivity contribution in [2.24, 2.45) is 5.92 Å². The maximum absolute atomic E-state index is 13.0. The molecule has 2 aliphatic rings. The molecule has 5 nitrogen and oxygen atoms in total. The van der Waals surface area contributed by atoms with Crippen molar-refractivity contribution in [3.05, 3.63) is 29.3 Å².